The molecule has 1 rings (SSSR count). The van der Waals surface area contributed by atoms with E-state index in [1.165, 1.54) is 6.42 Å². The highest BCUT2D eigenvalue weighted by Gasteiger charge is 2.10. The molecule has 0 radical (unpaired) electrons. The fourth-order valence-electron chi connectivity index (χ4n) is 1.01. The number of halogens is 1. The van der Waals surface area contributed by atoms with E-state index in [-0.39, 0.29) is 12.4 Å². The molecule has 1 atom stereocenters. The van der Waals surface area contributed by atoms with Crippen LogP contribution in [-0.4, -0.2) is 28.5 Å². The molecule has 0 spiro atoms. The van der Waals surface area contributed by atoms with Crippen LogP contribution in [0.1, 0.15) is 13.3 Å². The molecule has 0 aromatic carbocycles. The summed E-state index contributed by atoms with van der Waals surface area (Å²) in [6, 6.07) is 0. The van der Waals surface area contributed by atoms with Gasteiger partial charge in [-0.3, -0.25) is 0 Å². The van der Waals surface area contributed by atoms with E-state index in [1.807, 2.05) is 0 Å². The molecule has 0 bridgehead atoms. The molecule has 1 aliphatic heterocycles. The van der Waals surface area contributed by atoms with Crippen molar-refractivity contribution in [2.45, 2.75) is 18.6 Å². The van der Waals surface area contributed by atoms with E-state index in [0.29, 0.717) is 10.3 Å². The molecule has 0 aromatic heterocycles. The smallest absolute Gasteiger partial charge is 0.0666 e. The molecule has 62 valence electrons. The predicted molar refractivity (Wildman–Crippen MR) is 50.8 cm³/mol. The van der Waals surface area contributed by atoms with Gasteiger partial charge >= 0.3 is 0 Å². The molecule has 0 aliphatic carbocycles. The van der Waals surface area contributed by atoms with Crippen LogP contribution in [0.3, 0.4) is 0 Å². The summed E-state index contributed by atoms with van der Waals surface area (Å²) >= 11 is 1.11. The van der Waals surface area contributed by atoms with Crippen LogP contribution in [0.25, 0.3) is 0 Å². The van der Waals surface area contributed by atoms with Gasteiger partial charge in [0.15, 0.2) is 0 Å². The standard InChI is InChI=1S/C6H13NOS.ClH/c1-5(8)9-6-2-3-7-4-6;/h6-9H,2-4H2,1H3;1H/t6-;/m1./s1. The van der Waals surface area contributed by atoms with Crippen molar-refractivity contribution in [3.05, 3.63) is 0 Å². The monoisotopic (exact) mass is 183 g/mol. The van der Waals surface area contributed by atoms with Crippen molar-refractivity contribution < 1.29 is 5.11 Å². The Morgan fingerprint density at radius 3 is 2.80 bits per heavy atom. The zero-order valence-corrected chi connectivity index (χ0v) is 7.71. The van der Waals surface area contributed by atoms with Crippen LogP contribution in [0.2, 0.25) is 0 Å². The minimum Gasteiger partial charge on any atom is -0.360 e. The molecule has 0 aromatic rings. The molecule has 2 N–H and O–H groups in total. The zero-order chi connectivity index (χ0) is 6.69. The second kappa shape index (κ2) is 5.13. The summed E-state index contributed by atoms with van der Waals surface area (Å²) in [6.07, 6.45) is 1.21. The average molecular weight is 184 g/mol. The number of hydrogen-bond acceptors (Lipinski definition) is 1. The summed E-state index contributed by atoms with van der Waals surface area (Å²) in [5, 5.41) is 13.3. The topological polar surface area (TPSA) is 32.3 Å². The summed E-state index contributed by atoms with van der Waals surface area (Å²) < 4.78 is 0. The highest BCUT2D eigenvalue weighted by Crippen LogP contribution is 2.10. The summed E-state index contributed by atoms with van der Waals surface area (Å²) in [6.45, 7) is 3.95. The van der Waals surface area contributed by atoms with Crippen molar-refractivity contribution in [1.82, 2.24) is 5.32 Å². The van der Waals surface area contributed by atoms with Gasteiger partial charge in [0.25, 0.3) is 0 Å². The van der Waals surface area contributed by atoms with E-state index in [9.17, 15) is 0 Å². The van der Waals surface area contributed by atoms with Gasteiger partial charge < -0.3 is 10.4 Å². The van der Waals surface area contributed by atoms with Crippen LogP contribution >= 0.6 is 23.8 Å². The lowest BCUT2D eigenvalue weighted by Crippen LogP contribution is -2.09. The van der Waals surface area contributed by atoms with Crippen molar-refractivity contribution in [2.75, 3.05) is 13.1 Å². The Morgan fingerprint density at radius 2 is 2.40 bits per heavy atom. The van der Waals surface area contributed by atoms with Gasteiger partial charge in [-0.15, -0.1) is 12.4 Å². The van der Waals surface area contributed by atoms with Crippen LogP contribution in [-0.2, 0) is 0 Å². The number of aliphatic hydroxyl groups excluding tert-OH is 1. The second-order valence-electron chi connectivity index (χ2n) is 2.32. The molecular formula is C6H14ClNOS. The maximum atomic E-state index is 8.89. The van der Waals surface area contributed by atoms with Crippen LogP contribution in [0.5, 0.6) is 0 Å². The number of nitrogens with one attached hydrogen (secondary N) is 1. The molecule has 0 amide bonds. The van der Waals surface area contributed by atoms with E-state index in [1.54, 1.807) is 6.92 Å². The van der Waals surface area contributed by atoms with Crippen molar-refractivity contribution in [3.63, 3.8) is 0 Å². The summed E-state index contributed by atoms with van der Waals surface area (Å²) in [7, 11) is 0. The fourth-order valence-corrected chi connectivity index (χ4v) is 2.02. The first-order valence-corrected chi connectivity index (χ1v) is 4.19. The molecule has 2 nitrogen and oxygen atoms in total. The highest BCUT2D eigenvalue weighted by atomic mass is 35.5. The Kier molecular flexibility index (Phi) is 5.35. The Bertz CT molecular complexity index is 119. The van der Waals surface area contributed by atoms with Crippen molar-refractivity contribution >= 4 is 28.8 Å². The SMILES string of the molecule is CC(O)=[SH][C@@H]1CCNC1.Cl. The summed E-state index contributed by atoms with van der Waals surface area (Å²) in [5.74, 6) is 0. The van der Waals surface area contributed by atoms with Gasteiger partial charge in [0, 0.05) is 11.8 Å². The van der Waals surface area contributed by atoms with Gasteiger partial charge in [-0.1, -0.05) is 0 Å². The van der Waals surface area contributed by atoms with Gasteiger partial charge in [-0.25, -0.2) is 0 Å². The maximum absolute atomic E-state index is 8.89. The van der Waals surface area contributed by atoms with Gasteiger partial charge in [0.1, 0.15) is 0 Å². The van der Waals surface area contributed by atoms with Crippen LogP contribution in [0, 0.1) is 0 Å². The number of hydrogen-bond donors (Lipinski definition) is 3. The van der Waals surface area contributed by atoms with Crippen molar-refractivity contribution in [3.8, 4) is 0 Å². The lowest BCUT2D eigenvalue weighted by atomic mass is 10.4. The lowest BCUT2D eigenvalue weighted by molar-refractivity contribution is 0.564. The summed E-state index contributed by atoms with van der Waals surface area (Å²) in [4.78, 5) is 0. The van der Waals surface area contributed by atoms with Crippen LogP contribution in [0.4, 0.5) is 0 Å². The van der Waals surface area contributed by atoms with Gasteiger partial charge in [0.2, 0.25) is 0 Å². The Hall–Kier alpha value is 0.430. The minimum atomic E-state index is 0. The molecule has 1 heterocycles. The molecule has 0 unspecified atom stereocenters. The summed E-state index contributed by atoms with van der Waals surface area (Å²) in [5.41, 5.74) is 0. The quantitative estimate of drug-likeness (QED) is 0.418. The third-order valence-corrected chi connectivity index (χ3v) is 2.58. The lowest BCUT2D eigenvalue weighted by Gasteiger charge is -1.99. The number of thiol groups is 1. The van der Waals surface area contributed by atoms with E-state index in [4.69, 9.17) is 5.11 Å². The van der Waals surface area contributed by atoms with Crippen molar-refractivity contribution in [1.29, 1.82) is 0 Å². The molecular weight excluding hydrogens is 170 g/mol. The molecule has 4 heteroatoms. The molecule has 1 fully saturated rings. The first-order valence-electron chi connectivity index (χ1n) is 3.23. The third-order valence-electron chi connectivity index (χ3n) is 1.40. The third kappa shape index (κ3) is 3.56. The predicted octanol–water partition coefficient (Wildman–Crippen LogP) is 0.943. The number of aliphatic hydroxyl groups is 1. The Balaban J connectivity index is 0.000000810. The van der Waals surface area contributed by atoms with Gasteiger partial charge in [-0.2, -0.15) is 11.4 Å². The molecule has 10 heavy (non-hydrogen) atoms. The van der Waals surface area contributed by atoms with E-state index >= 15 is 0 Å². The zero-order valence-electron chi connectivity index (χ0n) is 6.00. The number of rotatable bonds is 1. The molecule has 0 saturated carbocycles. The maximum Gasteiger partial charge on any atom is 0.0666 e. The van der Waals surface area contributed by atoms with Gasteiger partial charge in [0.05, 0.1) is 5.05 Å². The highest BCUT2D eigenvalue weighted by molar-refractivity contribution is 7.99. The van der Waals surface area contributed by atoms with Gasteiger partial charge in [-0.05, 0) is 19.9 Å². The second-order valence-corrected chi connectivity index (χ2v) is 3.96. The minimum absolute atomic E-state index is 0. The Morgan fingerprint density at radius 1 is 1.70 bits per heavy atom. The largest absolute Gasteiger partial charge is 0.360 e. The van der Waals surface area contributed by atoms with E-state index in [0.717, 1.165) is 24.4 Å². The van der Waals surface area contributed by atoms with Crippen LogP contribution in [0.15, 0.2) is 0 Å². The molecule has 1 saturated heterocycles. The van der Waals surface area contributed by atoms with E-state index < -0.39 is 0 Å². The normalized spacial score (nSPS) is 27.0. The van der Waals surface area contributed by atoms with Crippen molar-refractivity contribution in [2.24, 2.45) is 0 Å². The fraction of sp³-hybridized carbons (Fsp3) is 0.833. The first-order chi connectivity index (χ1) is 4.29. The van der Waals surface area contributed by atoms with Crippen LogP contribution < -0.4 is 5.32 Å². The molecule has 1 aliphatic rings. The Labute approximate surface area is 71.4 Å². The first kappa shape index (κ1) is 10.4. The van der Waals surface area contributed by atoms with E-state index in [2.05, 4.69) is 5.32 Å². The average Bonchev–Trinajstić information content (AvgIpc) is 2.15.